The minimum Gasteiger partial charge on any atom is -0.418 e. The van der Waals surface area contributed by atoms with Gasteiger partial charge in [-0.15, -0.1) is 0 Å². The largest absolute Gasteiger partial charge is 1.00 e. The van der Waals surface area contributed by atoms with Gasteiger partial charge in [0.2, 0.25) is 0 Å². The molecule has 0 spiro atoms. The van der Waals surface area contributed by atoms with Crippen LogP contribution >= 0.6 is 17.2 Å². The molecule has 300 valence electrons. The first-order valence-electron chi connectivity index (χ1n) is 20.7. The molecule has 0 fully saturated rings. The van der Waals surface area contributed by atoms with E-state index in [0.717, 1.165) is 48.3 Å². The topological polar surface area (TPSA) is 99.4 Å². The fourth-order valence-electron chi connectivity index (χ4n) is 6.19. The average molecular weight is 795 g/mol. The first kappa shape index (κ1) is 53.0. The van der Waals surface area contributed by atoms with E-state index in [9.17, 15) is 4.89 Å². The Hall–Kier alpha value is -1.04. The van der Waals surface area contributed by atoms with E-state index < -0.39 is 17.2 Å². The second-order valence-corrected chi connectivity index (χ2v) is 15.3. The summed E-state index contributed by atoms with van der Waals surface area (Å²) in [6.45, 7) is 6.78. The summed E-state index contributed by atoms with van der Waals surface area (Å²) in [6.07, 6.45) is 30.9. The minimum atomic E-state index is -2.62. The average Bonchev–Trinajstić information content (AvgIpc) is 3.15. The van der Waals surface area contributed by atoms with Gasteiger partial charge in [0.05, 0.1) is 0 Å². The van der Waals surface area contributed by atoms with Gasteiger partial charge in [-0.05, 0) is 48.9 Å². The van der Waals surface area contributed by atoms with Crippen molar-refractivity contribution in [2.24, 2.45) is 0 Å². The first-order chi connectivity index (χ1) is 25.9. The van der Waals surface area contributed by atoms with Crippen molar-refractivity contribution < 1.29 is 58.2 Å². The molecule has 0 unspecified atom stereocenters. The van der Waals surface area contributed by atoms with Crippen LogP contribution in [0.3, 0.4) is 0 Å². The number of benzene rings is 3. The van der Waals surface area contributed by atoms with E-state index in [-0.39, 0.29) is 29.6 Å². The van der Waals surface area contributed by atoms with E-state index in [1.165, 1.54) is 134 Å². The number of aryl methyl sites for hydroxylation is 3. The number of para-hydroxylation sites is 2. The normalized spacial score (nSPS) is 10.6. The van der Waals surface area contributed by atoms with Gasteiger partial charge in [-0.25, -0.2) is 0 Å². The van der Waals surface area contributed by atoms with Crippen LogP contribution in [0.5, 0.6) is 11.5 Å². The van der Waals surface area contributed by atoms with Crippen LogP contribution in [-0.4, -0.2) is 19.6 Å². The van der Waals surface area contributed by atoms with Gasteiger partial charge >= 0.3 is 46.8 Å². The van der Waals surface area contributed by atoms with Crippen molar-refractivity contribution in [3.63, 3.8) is 0 Å². The van der Waals surface area contributed by atoms with Crippen molar-refractivity contribution in [2.45, 2.75) is 175 Å². The quantitative estimate of drug-likeness (QED) is 0.0253. The fourth-order valence-corrected chi connectivity index (χ4v) is 6.92. The van der Waals surface area contributed by atoms with Crippen LogP contribution in [0.25, 0.3) is 0 Å². The maximum atomic E-state index is 10.6. The molecule has 0 aliphatic rings. The Morgan fingerprint density at radius 2 is 0.778 bits per heavy atom. The third kappa shape index (κ3) is 31.1. The summed E-state index contributed by atoms with van der Waals surface area (Å²) in [5.41, 5.74) is 3.67. The molecule has 4 N–H and O–H groups in total. The summed E-state index contributed by atoms with van der Waals surface area (Å²) in [5.74, 6) is 1.48. The van der Waals surface area contributed by atoms with Crippen molar-refractivity contribution >= 4 is 17.2 Å². The zero-order valence-electron chi connectivity index (χ0n) is 34.4. The maximum Gasteiger partial charge on any atom is 1.00 e. The Balaban J connectivity index is 0.00000116. The van der Waals surface area contributed by atoms with Crippen LogP contribution in [0.4, 0.5) is 0 Å². The number of hydrogen-bond acceptors (Lipinski definition) is 6. The molecule has 0 aliphatic carbocycles. The number of hydrogen-bond donors (Lipinski definition) is 4. The van der Waals surface area contributed by atoms with Crippen molar-refractivity contribution in [1.29, 1.82) is 0 Å². The molecule has 6 nitrogen and oxygen atoms in total. The molecule has 0 saturated carbocycles. The Bertz CT molecular complexity index is 1150. The maximum absolute atomic E-state index is 10.6. The van der Waals surface area contributed by atoms with Crippen molar-refractivity contribution in [2.75, 3.05) is 0 Å². The van der Waals surface area contributed by atoms with E-state index in [1.54, 1.807) is 0 Å². The van der Waals surface area contributed by atoms with E-state index >= 15 is 0 Å². The Morgan fingerprint density at radius 1 is 0.444 bits per heavy atom. The molecule has 3 rings (SSSR count). The first-order valence-corrected chi connectivity index (χ1v) is 23.1. The second kappa shape index (κ2) is 38.8. The smallest absolute Gasteiger partial charge is 0.418 e. The zero-order valence-corrected chi connectivity index (χ0v) is 38.2. The van der Waals surface area contributed by atoms with Crippen LogP contribution in [0.1, 0.15) is 172 Å². The molecule has 0 saturated heterocycles. The monoisotopic (exact) mass is 794 g/mol. The summed E-state index contributed by atoms with van der Waals surface area (Å²) in [4.78, 5) is 32.3. The molecule has 54 heavy (non-hydrogen) atoms. The van der Waals surface area contributed by atoms with E-state index in [0.29, 0.717) is 0 Å². The van der Waals surface area contributed by atoms with Gasteiger partial charge in [-0.3, -0.25) is 0 Å². The Labute approximate surface area is 355 Å². The van der Waals surface area contributed by atoms with Crippen molar-refractivity contribution in [3.05, 3.63) is 95.6 Å². The van der Waals surface area contributed by atoms with E-state index in [1.807, 2.05) is 48.5 Å². The van der Waals surface area contributed by atoms with Crippen LogP contribution in [0.2, 0.25) is 0 Å². The van der Waals surface area contributed by atoms with Crippen LogP contribution in [-0.2, 0) is 19.3 Å². The SMILES string of the molecule is CCCCCCCCCc1[c-]cccc1.CCCCCCCCCc1ccccc1OP(O)Oc1ccccc1CCCCCCCCC.OP(O)O.[Na+]. The minimum absolute atomic E-state index is 0. The zero-order chi connectivity index (χ0) is 38.6. The standard InChI is InChI=1S/C30H47O3P.C15H23.Na.H3O3P/c1-3-5-7-9-11-13-15-21-27-23-17-19-25-29(27)32-34(31)33-30-26-20-18-24-28(30)22-16-14-12-10-8-6-4-2;1-2-3-4-5-6-7-9-12-15-13-10-8-11-14-15;;1-4(2)3/h17-20,23-26,31H,3-16,21-22H2,1-2H3;8,10-11,13H,2-7,9,12H2,1H3;;1-3H/q;-1;+1;. The molecule has 0 radical (unpaired) electrons. The molecular formula is C45H73NaO6P2. The Morgan fingerprint density at radius 3 is 1.15 bits per heavy atom. The molecule has 3 aromatic rings. The van der Waals surface area contributed by atoms with Crippen molar-refractivity contribution in [1.82, 2.24) is 0 Å². The molecule has 0 atom stereocenters. The number of unbranched alkanes of at least 4 members (excludes halogenated alkanes) is 18. The number of rotatable bonds is 28. The molecule has 9 heteroatoms. The Kier molecular flexibility index (Phi) is 38.1. The van der Waals surface area contributed by atoms with Crippen LogP contribution in [0, 0.1) is 6.07 Å². The molecule has 0 aromatic heterocycles. The summed E-state index contributed by atoms with van der Waals surface area (Å²) < 4.78 is 11.8. The summed E-state index contributed by atoms with van der Waals surface area (Å²) >= 11 is 0. The summed E-state index contributed by atoms with van der Waals surface area (Å²) in [7, 11) is -4.64. The van der Waals surface area contributed by atoms with Gasteiger partial charge in [0.1, 0.15) is 11.5 Å². The third-order valence-corrected chi connectivity index (χ3v) is 9.93. The predicted octanol–water partition coefficient (Wildman–Crippen LogP) is 10.9. The van der Waals surface area contributed by atoms with E-state index in [2.05, 4.69) is 51.1 Å². The summed E-state index contributed by atoms with van der Waals surface area (Å²) in [5, 5.41) is 0. The van der Waals surface area contributed by atoms with Gasteiger partial charge < -0.3 is 28.6 Å². The molecule has 0 bridgehead atoms. The van der Waals surface area contributed by atoms with Crippen LogP contribution in [0.15, 0.2) is 72.8 Å². The molecular weight excluding hydrogens is 721 g/mol. The molecule has 0 aliphatic heterocycles. The molecule has 3 aromatic carbocycles. The third-order valence-electron chi connectivity index (χ3n) is 9.22. The van der Waals surface area contributed by atoms with Gasteiger partial charge in [-0.2, -0.15) is 35.9 Å². The van der Waals surface area contributed by atoms with Gasteiger partial charge in [0, 0.05) is 0 Å². The van der Waals surface area contributed by atoms with Gasteiger partial charge in [0.15, 0.2) is 0 Å². The van der Waals surface area contributed by atoms with Crippen LogP contribution < -0.4 is 38.6 Å². The second-order valence-electron chi connectivity index (χ2n) is 13.9. The van der Waals surface area contributed by atoms with Gasteiger partial charge in [0.25, 0.3) is 0 Å². The predicted molar refractivity (Wildman–Crippen MR) is 227 cm³/mol. The molecule has 0 amide bonds. The van der Waals surface area contributed by atoms with E-state index in [4.69, 9.17) is 23.7 Å². The fraction of sp³-hybridized carbons (Fsp3) is 0.600. The summed E-state index contributed by atoms with van der Waals surface area (Å²) in [6, 6.07) is 27.7. The molecule has 0 heterocycles. The van der Waals surface area contributed by atoms with Crippen molar-refractivity contribution in [3.8, 4) is 11.5 Å². The van der Waals surface area contributed by atoms with Gasteiger partial charge in [-0.1, -0.05) is 186 Å².